The van der Waals surface area contributed by atoms with E-state index in [0.29, 0.717) is 12.2 Å². The van der Waals surface area contributed by atoms with Gasteiger partial charge in [0.05, 0.1) is 0 Å². The van der Waals surface area contributed by atoms with E-state index in [1.807, 2.05) is 32.2 Å². The number of allylic oxidation sites excluding steroid dienone is 1. The minimum Gasteiger partial charge on any atom is -0.398 e. The Morgan fingerprint density at radius 1 is 1.50 bits per heavy atom. The molecular formula is C17H24N4O. The van der Waals surface area contributed by atoms with Crippen molar-refractivity contribution in [3.05, 3.63) is 41.7 Å². The van der Waals surface area contributed by atoms with Crippen LogP contribution < -0.4 is 21.3 Å². The summed E-state index contributed by atoms with van der Waals surface area (Å²) in [6.07, 6.45) is 4.66. The molecule has 0 spiro atoms. The Hall–Kier alpha value is -2.43. The molecule has 5 nitrogen and oxygen atoms in total. The molecule has 4 N–H and O–H groups in total. The van der Waals surface area contributed by atoms with Crippen molar-refractivity contribution in [2.45, 2.75) is 20.3 Å². The monoisotopic (exact) mass is 300 g/mol. The van der Waals surface area contributed by atoms with Crippen LogP contribution in [0.3, 0.4) is 0 Å². The summed E-state index contributed by atoms with van der Waals surface area (Å²) in [7, 11) is 1.83. The quantitative estimate of drug-likeness (QED) is 0.798. The number of fused-ring (bicyclic) bond motifs is 1. The first kappa shape index (κ1) is 15.9. The van der Waals surface area contributed by atoms with Crippen LogP contribution in [-0.2, 0) is 4.79 Å². The van der Waals surface area contributed by atoms with Gasteiger partial charge >= 0.3 is 0 Å². The van der Waals surface area contributed by atoms with Gasteiger partial charge in [-0.1, -0.05) is 0 Å². The fourth-order valence-electron chi connectivity index (χ4n) is 2.73. The van der Waals surface area contributed by atoms with Gasteiger partial charge < -0.3 is 21.3 Å². The van der Waals surface area contributed by atoms with Gasteiger partial charge in [-0.15, -0.1) is 0 Å². The van der Waals surface area contributed by atoms with Crippen LogP contribution >= 0.6 is 0 Å². The third kappa shape index (κ3) is 3.42. The molecule has 0 aliphatic carbocycles. The summed E-state index contributed by atoms with van der Waals surface area (Å²) in [5, 5.41) is 6.33. The molecule has 1 aliphatic rings. The summed E-state index contributed by atoms with van der Waals surface area (Å²) in [6, 6.07) is 6.07. The molecule has 0 aromatic heterocycles. The van der Waals surface area contributed by atoms with Crippen LogP contribution in [0, 0.1) is 0 Å². The van der Waals surface area contributed by atoms with Crippen LogP contribution in [0.2, 0.25) is 0 Å². The Labute approximate surface area is 131 Å². The molecule has 22 heavy (non-hydrogen) atoms. The van der Waals surface area contributed by atoms with Crippen LogP contribution in [0.25, 0.3) is 5.57 Å². The molecule has 0 saturated carbocycles. The van der Waals surface area contributed by atoms with E-state index >= 15 is 0 Å². The summed E-state index contributed by atoms with van der Waals surface area (Å²) < 4.78 is 0. The zero-order valence-corrected chi connectivity index (χ0v) is 13.4. The summed E-state index contributed by atoms with van der Waals surface area (Å²) in [5.74, 6) is 0.0475. The Balaban J connectivity index is 2.44. The van der Waals surface area contributed by atoms with Crippen LogP contribution in [-0.4, -0.2) is 26.0 Å². The number of nitrogens with zero attached hydrogens (tertiary/aromatic N) is 1. The Morgan fingerprint density at radius 3 is 2.91 bits per heavy atom. The zero-order valence-electron chi connectivity index (χ0n) is 13.4. The Kier molecular flexibility index (Phi) is 5.09. The molecule has 0 fully saturated rings. The number of hydrogen-bond donors (Lipinski definition) is 3. The zero-order chi connectivity index (χ0) is 16.1. The first-order valence-electron chi connectivity index (χ1n) is 7.56. The molecule has 0 atom stereocenters. The molecule has 1 aromatic rings. The maximum Gasteiger partial charge on any atom is 0.223 e. The molecule has 1 amide bonds. The van der Waals surface area contributed by atoms with E-state index in [9.17, 15) is 4.79 Å². The van der Waals surface area contributed by atoms with Gasteiger partial charge in [0.15, 0.2) is 0 Å². The minimum absolute atomic E-state index is 0.0475. The third-order valence-electron chi connectivity index (χ3n) is 3.72. The molecule has 5 heteroatoms. The standard InChI is InChI=1S/C17H24N4O/c1-4-21(12(2)22)15-5-6-17-16(10-15)13(7-8-20-17)9-14(18)11-19-3/h5-6,9-11,19-20H,4,7-8,18H2,1-3H3/b13-9+,14-11-. The fraction of sp³-hybridized carbons (Fsp3) is 0.353. The summed E-state index contributed by atoms with van der Waals surface area (Å²) in [6.45, 7) is 5.10. The van der Waals surface area contributed by atoms with Gasteiger partial charge in [-0.05, 0) is 43.2 Å². The van der Waals surface area contributed by atoms with Crippen LogP contribution in [0.4, 0.5) is 11.4 Å². The molecule has 1 heterocycles. The van der Waals surface area contributed by atoms with Crippen molar-refractivity contribution in [2.75, 3.05) is 30.4 Å². The molecule has 0 saturated heterocycles. The van der Waals surface area contributed by atoms with E-state index in [1.165, 1.54) is 5.57 Å². The number of carbonyl (C=O) groups is 1. The average Bonchev–Trinajstić information content (AvgIpc) is 2.48. The lowest BCUT2D eigenvalue weighted by molar-refractivity contribution is -0.116. The molecular weight excluding hydrogens is 276 g/mol. The van der Waals surface area contributed by atoms with Crippen molar-refractivity contribution in [1.29, 1.82) is 0 Å². The topological polar surface area (TPSA) is 70.4 Å². The Morgan fingerprint density at radius 2 is 2.27 bits per heavy atom. The lowest BCUT2D eigenvalue weighted by atomic mass is 9.95. The number of rotatable bonds is 4. The van der Waals surface area contributed by atoms with E-state index in [1.54, 1.807) is 18.0 Å². The molecule has 2 rings (SSSR count). The predicted octanol–water partition coefficient (Wildman–Crippen LogP) is 2.28. The van der Waals surface area contributed by atoms with Crippen molar-refractivity contribution in [1.82, 2.24) is 5.32 Å². The summed E-state index contributed by atoms with van der Waals surface area (Å²) in [4.78, 5) is 13.5. The molecule has 118 valence electrons. The molecule has 0 bridgehead atoms. The van der Waals surface area contributed by atoms with E-state index in [0.717, 1.165) is 29.9 Å². The molecule has 0 unspecified atom stereocenters. The normalized spacial score (nSPS) is 16.0. The third-order valence-corrected chi connectivity index (χ3v) is 3.72. The maximum absolute atomic E-state index is 11.7. The minimum atomic E-state index is 0.0475. The van der Waals surface area contributed by atoms with Crippen molar-refractivity contribution in [3.8, 4) is 0 Å². The summed E-state index contributed by atoms with van der Waals surface area (Å²) >= 11 is 0. The second-order valence-corrected chi connectivity index (χ2v) is 5.27. The highest BCUT2D eigenvalue weighted by Crippen LogP contribution is 2.34. The summed E-state index contributed by atoms with van der Waals surface area (Å²) in [5.41, 5.74) is 11.0. The predicted molar refractivity (Wildman–Crippen MR) is 92.6 cm³/mol. The highest BCUT2D eigenvalue weighted by molar-refractivity contribution is 5.93. The second-order valence-electron chi connectivity index (χ2n) is 5.27. The van der Waals surface area contributed by atoms with Crippen molar-refractivity contribution < 1.29 is 4.79 Å². The molecule has 1 aromatic carbocycles. The van der Waals surface area contributed by atoms with Gasteiger partial charge in [0.2, 0.25) is 5.91 Å². The lowest BCUT2D eigenvalue weighted by Gasteiger charge is -2.25. The van der Waals surface area contributed by atoms with E-state index in [4.69, 9.17) is 5.73 Å². The average molecular weight is 300 g/mol. The number of anilines is 2. The lowest BCUT2D eigenvalue weighted by Crippen LogP contribution is -2.28. The second kappa shape index (κ2) is 7.02. The van der Waals surface area contributed by atoms with Crippen molar-refractivity contribution in [3.63, 3.8) is 0 Å². The van der Waals surface area contributed by atoms with E-state index in [-0.39, 0.29) is 5.91 Å². The van der Waals surface area contributed by atoms with Gasteiger partial charge in [-0.25, -0.2) is 0 Å². The van der Waals surface area contributed by atoms with Gasteiger partial charge in [-0.3, -0.25) is 4.79 Å². The number of nitrogens with two attached hydrogens (primary N) is 1. The molecule has 1 aliphatic heterocycles. The number of carbonyl (C=O) groups excluding carboxylic acids is 1. The highest BCUT2D eigenvalue weighted by atomic mass is 16.2. The van der Waals surface area contributed by atoms with Gasteiger partial charge in [0, 0.05) is 55.9 Å². The number of hydrogen-bond acceptors (Lipinski definition) is 4. The smallest absolute Gasteiger partial charge is 0.223 e. The van der Waals surface area contributed by atoms with Gasteiger partial charge in [0.25, 0.3) is 0 Å². The van der Waals surface area contributed by atoms with Crippen LogP contribution in [0.15, 0.2) is 36.2 Å². The Bertz CT molecular complexity index is 619. The van der Waals surface area contributed by atoms with Crippen molar-refractivity contribution in [2.24, 2.45) is 5.73 Å². The van der Waals surface area contributed by atoms with Gasteiger partial charge in [-0.2, -0.15) is 0 Å². The van der Waals surface area contributed by atoms with E-state index in [2.05, 4.69) is 16.7 Å². The molecule has 0 radical (unpaired) electrons. The SMILES string of the molecule is CCN(C(C)=O)c1ccc2c(c1)/C(=C/C(N)=C/NC)CCN2. The number of nitrogens with one attached hydrogen (secondary N) is 2. The van der Waals surface area contributed by atoms with E-state index < -0.39 is 0 Å². The largest absolute Gasteiger partial charge is 0.398 e. The fourth-order valence-corrected chi connectivity index (χ4v) is 2.73. The van der Waals surface area contributed by atoms with Crippen LogP contribution in [0.1, 0.15) is 25.8 Å². The number of benzene rings is 1. The van der Waals surface area contributed by atoms with Crippen LogP contribution in [0.5, 0.6) is 0 Å². The maximum atomic E-state index is 11.7. The first-order valence-corrected chi connectivity index (χ1v) is 7.56. The first-order chi connectivity index (χ1) is 10.6. The highest BCUT2D eigenvalue weighted by Gasteiger charge is 2.17. The number of amides is 1. The van der Waals surface area contributed by atoms with Crippen molar-refractivity contribution >= 4 is 22.9 Å². The van der Waals surface area contributed by atoms with Gasteiger partial charge in [0.1, 0.15) is 0 Å².